The number of nitrogens with zero attached hydrogens (tertiary/aromatic N) is 4. The first-order valence-electron chi connectivity index (χ1n) is 10.6. The lowest BCUT2D eigenvalue weighted by Gasteiger charge is -2.07. The summed E-state index contributed by atoms with van der Waals surface area (Å²) in [6.45, 7) is 1.55. The van der Waals surface area contributed by atoms with Gasteiger partial charge in [0, 0.05) is 26.5 Å². The fraction of sp³-hybridized carbons (Fsp3) is 0.333. The molecule has 1 amide bonds. The molecule has 1 aliphatic rings. The Morgan fingerprint density at radius 3 is 2.88 bits per heavy atom. The van der Waals surface area contributed by atoms with Gasteiger partial charge in [-0.2, -0.15) is 10.4 Å². The van der Waals surface area contributed by atoms with Crippen LogP contribution in [0.4, 0.5) is 0 Å². The lowest BCUT2D eigenvalue weighted by atomic mass is 10.0. The maximum Gasteiger partial charge on any atom is 0.252 e. The fourth-order valence-electron chi connectivity index (χ4n) is 3.39. The number of hydrogen-bond acceptors (Lipinski definition) is 6. The minimum Gasteiger partial charge on any atom is -0.486 e. The number of methoxy groups -OCH3 is 1. The molecule has 2 aromatic heterocycles. The molecule has 0 aliphatic heterocycles. The Kier molecular flexibility index (Phi) is 6.78. The summed E-state index contributed by atoms with van der Waals surface area (Å²) in [5.74, 6) is 1.54. The van der Waals surface area contributed by atoms with Crippen molar-refractivity contribution in [2.45, 2.75) is 31.8 Å². The summed E-state index contributed by atoms with van der Waals surface area (Å²) in [4.78, 5) is 16.5. The van der Waals surface area contributed by atoms with Crippen molar-refractivity contribution in [3.63, 3.8) is 0 Å². The Balaban J connectivity index is 1.34. The van der Waals surface area contributed by atoms with Crippen molar-refractivity contribution in [2.24, 2.45) is 0 Å². The van der Waals surface area contributed by atoms with E-state index in [9.17, 15) is 10.1 Å². The van der Waals surface area contributed by atoms with Gasteiger partial charge < -0.3 is 14.8 Å². The number of nitrogens with one attached hydrogen (secondary N) is 1. The van der Waals surface area contributed by atoms with Crippen molar-refractivity contribution in [3.8, 4) is 17.6 Å². The van der Waals surface area contributed by atoms with Gasteiger partial charge in [0.2, 0.25) is 0 Å². The first kappa shape index (κ1) is 21.5. The molecule has 3 aromatic rings. The van der Waals surface area contributed by atoms with E-state index in [1.165, 1.54) is 6.20 Å². The van der Waals surface area contributed by atoms with Gasteiger partial charge in [-0.1, -0.05) is 12.1 Å². The lowest BCUT2D eigenvalue weighted by Crippen LogP contribution is -2.25. The summed E-state index contributed by atoms with van der Waals surface area (Å²) >= 11 is 0. The van der Waals surface area contributed by atoms with E-state index in [4.69, 9.17) is 9.47 Å². The summed E-state index contributed by atoms with van der Waals surface area (Å²) in [6.07, 6.45) is 7.95. The van der Waals surface area contributed by atoms with Crippen LogP contribution in [0.5, 0.6) is 5.75 Å². The Bertz CT molecular complexity index is 1110. The summed E-state index contributed by atoms with van der Waals surface area (Å²) < 4.78 is 12.5. The van der Waals surface area contributed by atoms with E-state index in [1.807, 2.05) is 12.1 Å². The molecule has 4 rings (SSSR count). The van der Waals surface area contributed by atoms with Gasteiger partial charge in [0.25, 0.3) is 5.91 Å². The first-order valence-corrected chi connectivity index (χ1v) is 10.6. The van der Waals surface area contributed by atoms with Gasteiger partial charge in [-0.15, -0.1) is 0 Å². The van der Waals surface area contributed by atoms with Gasteiger partial charge in [-0.05, 0) is 54.5 Å². The number of nitriles is 1. The second-order valence-corrected chi connectivity index (χ2v) is 7.72. The predicted molar refractivity (Wildman–Crippen MR) is 118 cm³/mol. The van der Waals surface area contributed by atoms with E-state index in [-0.39, 0.29) is 5.91 Å². The van der Waals surface area contributed by atoms with E-state index in [0.717, 1.165) is 36.0 Å². The molecular weight excluding hydrogens is 406 g/mol. The molecule has 0 saturated heterocycles. The van der Waals surface area contributed by atoms with Crippen LogP contribution >= 0.6 is 0 Å². The number of amides is 1. The minimum absolute atomic E-state index is 0.169. The van der Waals surface area contributed by atoms with Crippen LogP contribution in [-0.2, 0) is 11.3 Å². The molecular formula is C24H25N5O3. The van der Waals surface area contributed by atoms with Gasteiger partial charge >= 0.3 is 0 Å². The monoisotopic (exact) mass is 431 g/mol. The SMILES string of the molecule is COCCCNC(=O)c1ccc(-n2cc(OCc3ccc(C#N)c(C4CC4)c3)cn2)nc1. The van der Waals surface area contributed by atoms with Crippen molar-refractivity contribution in [3.05, 3.63) is 71.2 Å². The third-order valence-corrected chi connectivity index (χ3v) is 5.27. The largest absolute Gasteiger partial charge is 0.486 e. The van der Waals surface area contributed by atoms with E-state index in [2.05, 4.69) is 27.5 Å². The van der Waals surface area contributed by atoms with Crippen molar-refractivity contribution >= 4 is 5.91 Å². The van der Waals surface area contributed by atoms with E-state index in [1.54, 1.807) is 36.3 Å². The third kappa shape index (κ3) is 5.31. The Hall–Kier alpha value is -3.70. The van der Waals surface area contributed by atoms with Crippen LogP contribution in [0.3, 0.4) is 0 Å². The normalized spacial score (nSPS) is 12.9. The molecule has 8 nitrogen and oxygen atoms in total. The summed E-state index contributed by atoms with van der Waals surface area (Å²) in [5, 5.41) is 16.4. The molecule has 0 radical (unpaired) electrons. The quantitative estimate of drug-likeness (QED) is 0.494. The highest BCUT2D eigenvalue weighted by atomic mass is 16.5. The molecule has 0 atom stereocenters. The van der Waals surface area contributed by atoms with Gasteiger partial charge in [0.05, 0.1) is 29.6 Å². The maximum atomic E-state index is 12.1. The average molecular weight is 431 g/mol. The lowest BCUT2D eigenvalue weighted by molar-refractivity contribution is 0.0948. The zero-order valence-electron chi connectivity index (χ0n) is 18.0. The molecule has 1 fully saturated rings. The summed E-state index contributed by atoms with van der Waals surface area (Å²) in [7, 11) is 1.63. The molecule has 0 unspecified atom stereocenters. The Morgan fingerprint density at radius 1 is 1.28 bits per heavy atom. The smallest absolute Gasteiger partial charge is 0.252 e. The number of carbonyl (C=O) groups excluding carboxylic acids is 1. The molecule has 1 aliphatic carbocycles. The number of benzene rings is 1. The Labute approximate surface area is 186 Å². The third-order valence-electron chi connectivity index (χ3n) is 5.27. The molecule has 32 heavy (non-hydrogen) atoms. The van der Waals surface area contributed by atoms with Gasteiger partial charge in [-0.25, -0.2) is 9.67 Å². The summed E-state index contributed by atoms with van der Waals surface area (Å²) in [5.41, 5.74) is 3.39. The molecule has 0 bridgehead atoms. The number of hydrogen-bond donors (Lipinski definition) is 1. The molecule has 164 valence electrons. The van der Waals surface area contributed by atoms with Crippen LogP contribution in [0.2, 0.25) is 0 Å². The van der Waals surface area contributed by atoms with Crippen molar-refractivity contribution in [2.75, 3.05) is 20.3 Å². The topological polar surface area (TPSA) is 102 Å². The minimum atomic E-state index is -0.169. The standard InChI is InChI=1S/C24H25N5O3/c1-31-10-2-9-26-24(30)20-7-8-23(27-13-20)29-15-21(14-28-29)32-16-17-3-4-19(12-25)22(11-17)18-5-6-18/h3-4,7-8,11,13-15,18H,2,5-6,9-10,16H2,1H3,(H,26,30). The molecule has 2 heterocycles. The van der Waals surface area contributed by atoms with Crippen LogP contribution in [0.25, 0.3) is 5.82 Å². The highest BCUT2D eigenvalue weighted by Crippen LogP contribution is 2.41. The number of aromatic nitrogens is 3. The highest BCUT2D eigenvalue weighted by Gasteiger charge is 2.26. The number of carbonyl (C=O) groups is 1. The molecule has 0 spiro atoms. The van der Waals surface area contributed by atoms with Crippen molar-refractivity contribution < 1.29 is 14.3 Å². The van der Waals surface area contributed by atoms with Gasteiger partial charge in [0.15, 0.2) is 11.6 Å². The number of rotatable bonds is 10. The van der Waals surface area contributed by atoms with Gasteiger partial charge in [0.1, 0.15) is 6.61 Å². The van der Waals surface area contributed by atoms with Crippen molar-refractivity contribution in [1.82, 2.24) is 20.1 Å². The first-order chi connectivity index (χ1) is 15.7. The number of pyridine rings is 1. The highest BCUT2D eigenvalue weighted by molar-refractivity contribution is 5.93. The second-order valence-electron chi connectivity index (χ2n) is 7.72. The zero-order chi connectivity index (χ0) is 22.3. The van der Waals surface area contributed by atoms with E-state index < -0.39 is 0 Å². The van der Waals surface area contributed by atoms with E-state index in [0.29, 0.717) is 42.8 Å². The van der Waals surface area contributed by atoms with Crippen LogP contribution in [0.15, 0.2) is 48.9 Å². The van der Waals surface area contributed by atoms with Crippen LogP contribution in [0, 0.1) is 11.3 Å². The number of ether oxygens (including phenoxy) is 2. The molecule has 1 saturated carbocycles. The van der Waals surface area contributed by atoms with Crippen molar-refractivity contribution in [1.29, 1.82) is 5.26 Å². The van der Waals surface area contributed by atoms with Gasteiger partial charge in [-0.3, -0.25) is 4.79 Å². The Morgan fingerprint density at radius 2 is 2.16 bits per heavy atom. The molecule has 8 heteroatoms. The van der Waals surface area contributed by atoms with E-state index >= 15 is 0 Å². The molecule has 1 N–H and O–H groups in total. The maximum absolute atomic E-state index is 12.1. The summed E-state index contributed by atoms with van der Waals surface area (Å²) in [6, 6.07) is 11.6. The van der Waals surface area contributed by atoms with Crippen LogP contribution < -0.4 is 10.1 Å². The van der Waals surface area contributed by atoms with Crippen LogP contribution in [-0.4, -0.2) is 40.9 Å². The second kappa shape index (κ2) is 10.1. The average Bonchev–Trinajstić information content (AvgIpc) is 3.57. The van der Waals surface area contributed by atoms with Crippen LogP contribution in [0.1, 0.15) is 52.2 Å². The fourth-order valence-corrected chi connectivity index (χ4v) is 3.39. The molecule has 1 aromatic carbocycles. The predicted octanol–water partition coefficient (Wildman–Crippen LogP) is 3.36. The zero-order valence-corrected chi connectivity index (χ0v) is 18.0.